The zero-order valence-corrected chi connectivity index (χ0v) is 13.7. The third-order valence-corrected chi connectivity index (χ3v) is 5.09. The summed E-state index contributed by atoms with van der Waals surface area (Å²) < 4.78 is 0. The summed E-state index contributed by atoms with van der Waals surface area (Å²) in [6, 6.07) is 8.60. The largest absolute Gasteiger partial charge is 0.364 e. The molecular formula is C18H21NOS. The second-order valence-corrected chi connectivity index (χ2v) is 7.37. The van der Waals surface area contributed by atoms with Crippen LogP contribution in [0.25, 0.3) is 0 Å². The lowest BCUT2D eigenvalue weighted by Gasteiger charge is -2.31. The van der Waals surface area contributed by atoms with Crippen molar-refractivity contribution in [3.8, 4) is 0 Å². The summed E-state index contributed by atoms with van der Waals surface area (Å²) in [7, 11) is 0. The predicted octanol–water partition coefficient (Wildman–Crippen LogP) is 4.31. The van der Waals surface area contributed by atoms with Gasteiger partial charge in [0.1, 0.15) is 0 Å². The molecule has 21 heavy (non-hydrogen) atoms. The van der Waals surface area contributed by atoms with E-state index in [1.54, 1.807) is 11.3 Å². The fourth-order valence-corrected chi connectivity index (χ4v) is 4.08. The third-order valence-electron chi connectivity index (χ3n) is 4.13. The van der Waals surface area contributed by atoms with Crippen molar-refractivity contribution in [1.29, 1.82) is 0 Å². The van der Waals surface area contributed by atoms with E-state index in [-0.39, 0.29) is 5.78 Å². The summed E-state index contributed by atoms with van der Waals surface area (Å²) in [4.78, 5) is 17.2. The van der Waals surface area contributed by atoms with Crippen molar-refractivity contribution in [2.45, 2.75) is 33.6 Å². The number of fused-ring (bicyclic) bond motifs is 1. The second kappa shape index (κ2) is 5.64. The first-order valence-corrected chi connectivity index (χ1v) is 8.31. The number of carbonyl (C=O) groups excluding carboxylic acids is 1. The van der Waals surface area contributed by atoms with E-state index < -0.39 is 0 Å². The lowest BCUT2D eigenvalue weighted by atomic mass is 9.99. The Balaban J connectivity index is 1.83. The summed E-state index contributed by atoms with van der Waals surface area (Å²) in [6.45, 7) is 7.70. The highest BCUT2D eigenvalue weighted by Gasteiger charge is 2.21. The Bertz CT molecular complexity index is 687. The monoisotopic (exact) mass is 299 g/mol. The van der Waals surface area contributed by atoms with E-state index in [9.17, 15) is 4.79 Å². The van der Waals surface area contributed by atoms with E-state index in [1.165, 1.54) is 21.7 Å². The van der Waals surface area contributed by atoms with Crippen LogP contribution in [0.15, 0.2) is 24.3 Å². The highest BCUT2D eigenvalue weighted by atomic mass is 32.1. The molecule has 2 heterocycles. The molecule has 0 aliphatic carbocycles. The minimum atomic E-state index is 0.241. The average molecular weight is 299 g/mol. The van der Waals surface area contributed by atoms with Crippen LogP contribution in [-0.4, -0.2) is 18.9 Å². The standard InChI is InChI=1S/C18H21NOS/c1-12-6-7-17-15(9-12)5-4-8-19(17)11-18(20)16-10-13(2)21-14(16)3/h6-7,9-10H,4-5,8,11H2,1-3H3. The topological polar surface area (TPSA) is 20.3 Å². The predicted molar refractivity (Wildman–Crippen MR) is 89.8 cm³/mol. The van der Waals surface area contributed by atoms with E-state index in [2.05, 4.69) is 36.9 Å². The van der Waals surface area contributed by atoms with E-state index in [0.717, 1.165) is 29.8 Å². The first kappa shape index (κ1) is 14.3. The van der Waals surface area contributed by atoms with Crippen LogP contribution in [0.2, 0.25) is 0 Å². The van der Waals surface area contributed by atoms with Crippen LogP contribution < -0.4 is 4.90 Å². The maximum absolute atomic E-state index is 12.6. The zero-order chi connectivity index (χ0) is 15.0. The van der Waals surface area contributed by atoms with Gasteiger partial charge in [0.25, 0.3) is 0 Å². The summed E-state index contributed by atoms with van der Waals surface area (Å²) in [5, 5.41) is 0. The van der Waals surface area contributed by atoms with Crippen LogP contribution in [0.5, 0.6) is 0 Å². The second-order valence-electron chi connectivity index (χ2n) is 5.91. The maximum atomic E-state index is 12.6. The Morgan fingerprint density at radius 1 is 1.24 bits per heavy atom. The molecule has 2 nitrogen and oxygen atoms in total. The Morgan fingerprint density at radius 3 is 2.76 bits per heavy atom. The number of anilines is 1. The molecule has 0 N–H and O–H groups in total. The van der Waals surface area contributed by atoms with Gasteiger partial charge < -0.3 is 4.90 Å². The quantitative estimate of drug-likeness (QED) is 0.787. The molecule has 0 saturated heterocycles. The van der Waals surface area contributed by atoms with Crippen LogP contribution in [0.4, 0.5) is 5.69 Å². The summed E-state index contributed by atoms with van der Waals surface area (Å²) in [6.07, 6.45) is 2.25. The first-order valence-electron chi connectivity index (χ1n) is 7.49. The van der Waals surface area contributed by atoms with E-state index >= 15 is 0 Å². The zero-order valence-electron chi connectivity index (χ0n) is 12.9. The van der Waals surface area contributed by atoms with Gasteiger partial charge in [0.05, 0.1) is 6.54 Å². The smallest absolute Gasteiger partial charge is 0.183 e. The summed E-state index contributed by atoms with van der Waals surface area (Å²) in [5.41, 5.74) is 4.82. The van der Waals surface area contributed by atoms with Crippen LogP contribution in [-0.2, 0) is 6.42 Å². The maximum Gasteiger partial charge on any atom is 0.183 e. The number of hydrogen-bond acceptors (Lipinski definition) is 3. The van der Waals surface area contributed by atoms with Crippen molar-refractivity contribution < 1.29 is 4.79 Å². The number of aryl methyl sites for hydroxylation is 4. The Kier molecular flexibility index (Phi) is 3.85. The molecule has 0 atom stereocenters. The molecule has 0 unspecified atom stereocenters. The van der Waals surface area contributed by atoms with Gasteiger partial charge >= 0.3 is 0 Å². The fraction of sp³-hybridized carbons (Fsp3) is 0.389. The molecule has 0 spiro atoms. The summed E-state index contributed by atoms with van der Waals surface area (Å²) in [5.74, 6) is 0.241. The van der Waals surface area contributed by atoms with Crippen molar-refractivity contribution in [3.05, 3.63) is 50.7 Å². The highest BCUT2D eigenvalue weighted by Crippen LogP contribution is 2.29. The third kappa shape index (κ3) is 2.88. The SMILES string of the molecule is Cc1ccc2c(c1)CCCN2CC(=O)c1cc(C)sc1C. The number of rotatable bonds is 3. The molecule has 1 aromatic carbocycles. The Morgan fingerprint density at radius 2 is 2.05 bits per heavy atom. The number of nitrogens with zero attached hydrogens (tertiary/aromatic N) is 1. The molecule has 110 valence electrons. The van der Waals surface area contributed by atoms with Gasteiger partial charge in [0, 0.05) is 27.5 Å². The number of benzene rings is 1. The number of ketones is 1. The number of thiophene rings is 1. The van der Waals surface area contributed by atoms with Crippen molar-refractivity contribution in [3.63, 3.8) is 0 Å². The molecule has 0 saturated carbocycles. The molecule has 2 aromatic rings. The van der Waals surface area contributed by atoms with Crippen LogP contribution in [0.3, 0.4) is 0 Å². The van der Waals surface area contributed by atoms with Gasteiger partial charge in [-0.25, -0.2) is 0 Å². The van der Waals surface area contributed by atoms with Gasteiger partial charge in [-0.15, -0.1) is 11.3 Å². The summed E-state index contributed by atoms with van der Waals surface area (Å²) >= 11 is 1.71. The highest BCUT2D eigenvalue weighted by molar-refractivity contribution is 7.12. The molecule has 0 fully saturated rings. The van der Waals surface area contributed by atoms with Crippen LogP contribution >= 0.6 is 11.3 Å². The van der Waals surface area contributed by atoms with Gasteiger partial charge in [-0.3, -0.25) is 4.79 Å². The minimum Gasteiger partial charge on any atom is -0.364 e. The number of carbonyl (C=O) groups is 1. The average Bonchev–Trinajstić information content (AvgIpc) is 2.77. The lowest BCUT2D eigenvalue weighted by molar-refractivity contribution is 0.0998. The van der Waals surface area contributed by atoms with Crippen molar-refractivity contribution in [1.82, 2.24) is 0 Å². The lowest BCUT2D eigenvalue weighted by Crippen LogP contribution is -2.34. The van der Waals surface area contributed by atoms with Crippen LogP contribution in [0.1, 0.15) is 37.7 Å². The molecule has 0 radical (unpaired) electrons. The van der Waals surface area contributed by atoms with Crippen LogP contribution in [0, 0.1) is 20.8 Å². The molecule has 0 amide bonds. The van der Waals surface area contributed by atoms with E-state index in [4.69, 9.17) is 0 Å². The van der Waals surface area contributed by atoms with Crippen molar-refractivity contribution >= 4 is 22.8 Å². The molecule has 3 rings (SSSR count). The van der Waals surface area contributed by atoms with Crippen molar-refractivity contribution in [2.24, 2.45) is 0 Å². The first-order chi connectivity index (χ1) is 10.0. The number of Topliss-reactive ketones (excluding diaryl/α,β-unsaturated/α-hetero) is 1. The van der Waals surface area contributed by atoms with Gasteiger partial charge in [0.15, 0.2) is 5.78 Å². The van der Waals surface area contributed by atoms with Gasteiger partial charge in [0.2, 0.25) is 0 Å². The van der Waals surface area contributed by atoms with E-state index in [0.29, 0.717) is 6.54 Å². The molecular weight excluding hydrogens is 278 g/mol. The molecule has 1 aromatic heterocycles. The normalized spacial score (nSPS) is 14.1. The van der Waals surface area contributed by atoms with E-state index in [1.807, 2.05) is 13.0 Å². The molecule has 3 heteroatoms. The Hall–Kier alpha value is -1.61. The minimum absolute atomic E-state index is 0.241. The molecule has 1 aliphatic heterocycles. The number of hydrogen-bond donors (Lipinski definition) is 0. The van der Waals surface area contributed by atoms with Crippen molar-refractivity contribution in [2.75, 3.05) is 18.0 Å². The molecule has 1 aliphatic rings. The molecule has 0 bridgehead atoms. The van der Waals surface area contributed by atoms with Gasteiger partial charge in [-0.1, -0.05) is 17.7 Å². The van der Waals surface area contributed by atoms with Gasteiger partial charge in [-0.2, -0.15) is 0 Å². The Labute approximate surface area is 130 Å². The fourth-order valence-electron chi connectivity index (χ4n) is 3.13. The van der Waals surface area contributed by atoms with Gasteiger partial charge in [-0.05, 0) is 51.3 Å².